The molecule has 1 unspecified atom stereocenters. The van der Waals surface area contributed by atoms with Gasteiger partial charge < -0.3 is 9.94 Å². The Morgan fingerprint density at radius 1 is 1.39 bits per heavy atom. The standard InChI is InChI=1S/C11H11NO5S/c1-18(15,16)10-6-9(12-17-10)7-2-4-8(5-3-7)11(13)14/h2-5,10H,6H2,1H3,(H,13,14). The van der Waals surface area contributed by atoms with Crippen molar-refractivity contribution >= 4 is 21.5 Å². The van der Waals surface area contributed by atoms with Gasteiger partial charge in [-0.2, -0.15) is 0 Å². The van der Waals surface area contributed by atoms with Gasteiger partial charge in [-0.15, -0.1) is 0 Å². The van der Waals surface area contributed by atoms with Crippen LogP contribution < -0.4 is 0 Å². The normalized spacial score (nSPS) is 19.2. The van der Waals surface area contributed by atoms with Crippen molar-refractivity contribution in [3.8, 4) is 0 Å². The molecule has 0 spiro atoms. The van der Waals surface area contributed by atoms with Gasteiger partial charge in [0.1, 0.15) is 0 Å². The van der Waals surface area contributed by atoms with Gasteiger partial charge in [0.2, 0.25) is 5.44 Å². The number of carboxylic acid groups (broad SMARTS) is 1. The summed E-state index contributed by atoms with van der Waals surface area (Å²) in [6.07, 6.45) is 1.26. The first-order valence-corrected chi connectivity index (χ1v) is 7.08. The summed E-state index contributed by atoms with van der Waals surface area (Å²) < 4.78 is 22.6. The summed E-state index contributed by atoms with van der Waals surface area (Å²) in [6, 6.07) is 6.04. The molecular formula is C11H11NO5S. The molecular weight excluding hydrogens is 258 g/mol. The second-order valence-corrected chi connectivity index (χ2v) is 6.17. The van der Waals surface area contributed by atoms with E-state index in [4.69, 9.17) is 9.94 Å². The van der Waals surface area contributed by atoms with E-state index in [0.717, 1.165) is 6.26 Å². The lowest BCUT2D eigenvalue weighted by Crippen LogP contribution is -2.19. The number of oxime groups is 1. The second-order valence-electron chi connectivity index (χ2n) is 3.99. The number of hydrogen-bond acceptors (Lipinski definition) is 5. The van der Waals surface area contributed by atoms with E-state index in [9.17, 15) is 13.2 Å². The van der Waals surface area contributed by atoms with E-state index in [-0.39, 0.29) is 12.0 Å². The molecule has 1 aliphatic heterocycles. The predicted octanol–water partition coefficient (Wildman–Crippen LogP) is 0.880. The number of nitrogens with zero attached hydrogens (tertiary/aromatic N) is 1. The van der Waals surface area contributed by atoms with E-state index in [1.807, 2.05) is 0 Å². The molecule has 1 aromatic carbocycles. The van der Waals surface area contributed by atoms with Gasteiger partial charge in [0, 0.05) is 12.7 Å². The number of carboxylic acids is 1. The Labute approximate surface area is 104 Å². The Morgan fingerprint density at radius 3 is 2.44 bits per heavy atom. The maximum Gasteiger partial charge on any atom is 0.335 e. The van der Waals surface area contributed by atoms with Crippen LogP contribution >= 0.6 is 0 Å². The van der Waals surface area contributed by atoms with Crippen molar-refractivity contribution in [1.29, 1.82) is 0 Å². The second kappa shape index (κ2) is 4.41. The largest absolute Gasteiger partial charge is 0.478 e. The molecule has 0 bridgehead atoms. The van der Waals surface area contributed by atoms with Crippen LogP contribution in [0, 0.1) is 0 Å². The fourth-order valence-electron chi connectivity index (χ4n) is 1.56. The molecule has 7 heteroatoms. The third-order valence-electron chi connectivity index (χ3n) is 2.58. The smallest absolute Gasteiger partial charge is 0.335 e. The van der Waals surface area contributed by atoms with Crippen LogP contribution in [0.25, 0.3) is 0 Å². The molecule has 0 aromatic heterocycles. The summed E-state index contributed by atoms with van der Waals surface area (Å²) in [4.78, 5) is 15.5. The highest BCUT2D eigenvalue weighted by Gasteiger charge is 2.30. The van der Waals surface area contributed by atoms with E-state index in [1.54, 1.807) is 12.1 Å². The summed E-state index contributed by atoms with van der Waals surface area (Å²) in [5.41, 5.74) is 0.373. The number of sulfone groups is 1. The number of carbonyl (C=O) groups is 1. The van der Waals surface area contributed by atoms with E-state index in [1.165, 1.54) is 12.1 Å². The van der Waals surface area contributed by atoms with Gasteiger partial charge in [0.05, 0.1) is 11.3 Å². The third kappa shape index (κ3) is 2.51. The summed E-state index contributed by atoms with van der Waals surface area (Å²) >= 11 is 0. The van der Waals surface area contributed by atoms with Gasteiger partial charge in [-0.25, -0.2) is 13.2 Å². The summed E-state index contributed by atoms with van der Waals surface area (Å²) in [7, 11) is -3.30. The summed E-state index contributed by atoms with van der Waals surface area (Å²) in [5, 5.41) is 12.5. The molecule has 0 aliphatic carbocycles. The molecule has 0 fully saturated rings. The average molecular weight is 269 g/mol. The molecule has 6 nitrogen and oxygen atoms in total. The lowest BCUT2D eigenvalue weighted by molar-refractivity contribution is 0.0697. The van der Waals surface area contributed by atoms with Crippen molar-refractivity contribution in [3.63, 3.8) is 0 Å². The van der Waals surface area contributed by atoms with Crippen LogP contribution in [0.4, 0.5) is 0 Å². The first-order chi connectivity index (χ1) is 8.38. The van der Waals surface area contributed by atoms with Crippen LogP contribution in [-0.2, 0) is 14.7 Å². The molecule has 1 N–H and O–H groups in total. The highest BCUT2D eigenvalue weighted by molar-refractivity contribution is 7.91. The number of benzene rings is 1. The predicted molar refractivity (Wildman–Crippen MR) is 64.3 cm³/mol. The van der Waals surface area contributed by atoms with E-state index >= 15 is 0 Å². The van der Waals surface area contributed by atoms with E-state index < -0.39 is 21.2 Å². The van der Waals surface area contributed by atoms with E-state index in [2.05, 4.69) is 5.16 Å². The van der Waals surface area contributed by atoms with Gasteiger partial charge in [-0.3, -0.25) is 0 Å². The van der Waals surface area contributed by atoms with Crippen molar-refractivity contribution in [2.75, 3.05) is 6.26 Å². The van der Waals surface area contributed by atoms with Gasteiger partial charge in [-0.1, -0.05) is 17.3 Å². The Morgan fingerprint density at radius 2 is 2.00 bits per heavy atom. The molecule has 96 valence electrons. The molecule has 1 atom stereocenters. The van der Waals surface area contributed by atoms with Crippen molar-refractivity contribution in [2.45, 2.75) is 11.9 Å². The zero-order valence-electron chi connectivity index (χ0n) is 9.53. The SMILES string of the molecule is CS(=O)(=O)C1CC(c2ccc(C(=O)O)cc2)=NO1. The van der Waals surface area contributed by atoms with E-state index in [0.29, 0.717) is 11.3 Å². The number of rotatable bonds is 3. The number of aromatic carboxylic acids is 1. The van der Waals surface area contributed by atoms with Gasteiger partial charge in [-0.05, 0) is 17.7 Å². The molecule has 2 rings (SSSR count). The third-order valence-corrected chi connectivity index (χ3v) is 3.79. The molecule has 0 amide bonds. The molecule has 1 heterocycles. The zero-order chi connectivity index (χ0) is 13.3. The van der Waals surface area contributed by atoms with Crippen molar-refractivity contribution in [2.24, 2.45) is 5.16 Å². The molecule has 18 heavy (non-hydrogen) atoms. The minimum absolute atomic E-state index is 0.165. The lowest BCUT2D eigenvalue weighted by Gasteiger charge is -2.04. The van der Waals surface area contributed by atoms with Gasteiger partial charge >= 0.3 is 5.97 Å². The first kappa shape index (κ1) is 12.6. The van der Waals surface area contributed by atoms with Gasteiger partial charge in [0.25, 0.3) is 0 Å². The van der Waals surface area contributed by atoms with Crippen LogP contribution in [0.5, 0.6) is 0 Å². The highest BCUT2D eigenvalue weighted by atomic mass is 32.2. The zero-order valence-corrected chi connectivity index (χ0v) is 10.3. The monoisotopic (exact) mass is 269 g/mol. The first-order valence-electron chi connectivity index (χ1n) is 5.13. The molecule has 0 saturated carbocycles. The maximum absolute atomic E-state index is 11.3. The fraction of sp³-hybridized carbons (Fsp3) is 0.273. The molecule has 1 aromatic rings. The Bertz CT molecular complexity index is 603. The number of hydrogen-bond donors (Lipinski definition) is 1. The fourth-order valence-corrected chi connectivity index (χ4v) is 2.22. The molecule has 0 radical (unpaired) electrons. The Kier molecular flexibility index (Phi) is 3.08. The Hall–Kier alpha value is -1.89. The van der Waals surface area contributed by atoms with Crippen LogP contribution in [-0.4, -0.2) is 36.9 Å². The van der Waals surface area contributed by atoms with Crippen LogP contribution in [0.1, 0.15) is 22.3 Å². The molecule has 0 saturated heterocycles. The molecule has 1 aliphatic rings. The average Bonchev–Trinajstić information content (AvgIpc) is 2.78. The van der Waals surface area contributed by atoms with Gasteiger partial charge in [0.15, 0.2) is 9.84 Å². The van der Waals surface area contributed by atoms with Crippen molar-refractivity contribution < 1.29 is 23.2 Å². The highest BCUT2D eigenvalue weighted by Crippen LogP contribution is 2.20. The minimum atomic E-state index is -3.30. The maximum atomic E-state index is 11.3. The summed E-state index contributed by atoms with van der Waals surface area (Å²) in [6.45, 7) is 0. The summed E-state index contributed by atoms with van der Waals surface area (Å²) in [5.74, 6) is -1.01. The lowest BCUT2D eigenvalue weighted by atomic mass is 10.1. The minimum Gasteiger partial charge on any atom is -0.478 e. The quantitative estimate of drug-likeness (QED) is 0.879. The van der Waals surface area contributed by atoms with Crippen LogP contribution in [0.3, 0.4) is 0 Å². The van der Waals surface area contributed by atoms with Crippen molar-refractivity contribution in [1.82, 2.24) is 0 Å². The van der Waals surface area contributed by atoms with Crippen LogP contribution in [0.2, 0.25) is 0 Å². The topological polar surface area (TPSA) is 93.0 Å². The van der Waals surface area contributed by atoms with Crippen molar-refractivity contribution in [3.05, 3.63) is 35.4 Å². The van der Waals surface area contributed by atoms with Crippen LogP contribution in [0.15, 0.2) is 29.4 Å². The Balaban J connectivity index is 2.17.